The summed E-state index contributed by atoms with van der Waals surface area (Å²) in [5, 5.41) is 10.2. The number of ether oxygens (including phenoxy) is 2. The van der Waals surface area contributed by atoms with Crippen LogP contribution in [0.2, 0.25) is 10.3 Å². The summed E-state index contributed by atoms with van der Waals surface area (Å²) in [5.74, 6) is -0.164. The van der Waals surface area contributed by atoms with E-state index < -0.39 is 10.6 Å². The van der Waals surface area contributed by atoms with Gasteiger partial charge in [0, 0.05) is 0 Å². The number of nitrogens with zero attached hydrogens (tertiary/aromatic N) is 2. The van der Waals surface area contributed by atoms with Crippen LogP contribution in [0.15, 0.2) is 0 Å². The van der Waals surface area contributed by atoms with Gasteiger partial charge in [0.15, 0.2) is 5.15 Å². The molecule has 1 aromatic heterocycles. The second-order valence-electron chi connectivity index (χ2n) is 2.37. The molecule has 0 radical (unpaired) electrons. The second kappa shape index (κ2) is 4.50. The molecule has 82 valence electrons. The van der Waals surface area contributed by atoms with E-state index in [9.17, 15) is 10.1 Å². The minimum Gasteiger partial charge on any atom is -0.490 e. The molecule has 0 aliphatic rings. The molecule has 0 amide bonds. The quantitative estimate of drug-likeness (QED) is 0.469. The van der Waals surface area contributed by atoms with Crippen molar-refractivity contribution in [3.8, 4) is 11.5 Å². The molecule has 8 heteroatoms. The van der Waals surface area contributed by atoms with E-state index in [4.69, 9.17) is 32.7 Å². The van der Waals surface area contributed by atoms with Crippen LogP contribution in [0.1, 0.15) is 0 Å². The fraction of sp³-hybridized carbons (Fsp3) is 0.286. The van der Waals surface area contributed by atoms with Crippen molar-refractivity contribution in [2.45, 2.75) is 0 Å². The van der Waals surface area contributed by atoms with Crippen molar-refractivity contribution in [2.24, 2.45) is 0 Å². The van der Waals surface area contributed by atoms with Crippen molar-refractivity contribution in [1.29, 1.82) is 0 Å². The first-order valence-electron chi connectivity index (χ1n) is 3.64. The summed E-state index contributed by atoms with van der Waals surface area (Å²) in [4.78, 5) is 13.5. The van der Waals surface area contributed by atoms with Crippen LogP contribution in [0.5, 0.6) is 11.5 Å². The van der Waals surface area contributed by atoms with Crippen molar-refractivity contribution >= 4 is 28.9 Å². The molecule has 0 N–H and O–H groups in total. The lowest BCUT2D eigenvalue weighted by molar-refractivity contribution is -0.386. The number of aromatic nitrogens is 1. The zero-order chi connectivity index (χ0) is 11.6. The van der Waals surface area contributed by atoms with Gasteiger partial charge in [0.2, 0.25) is 16.7 Å². The number of halogens is 2. The Bertz CT molecular complexity index is 410. The maximum absolute atomic E-state index is 10.7. The van der Waals surface area contributed by atoms with Gasteiger partial charge in [-0.3, -0.25) is 10.1 Å². The average Bonchev–Trinajstić information content (AvgIpc) is 2.15. The smallest absolute Gasteiger partial charge is 0.351 e. The van der Waals surface area contributed by atoms with E-state index in [0.29, 0.717) is 0 Å². The maximum Gasteiger partial charge on any atom is 0.351 e. The molecule has 0 spiro atoms. The van der Waals surface area contributed by atoms with Crippen LogP contribution >= 0.6 is 23.2 Å². The predicted molar refractivity (Wildman–Crippen MR) is 54.0 cm³/mol. The molecule has 0 saturated heterocycles. The third-order valence-corrected chi connectivity index (χ3v) is 2.11. The SMILES string of the molecule is COc1c(Cl)nc(Cl)c([N+](=O)[O-])c1OC. The van der Waals surface area contributed by atoms with Crippen LogP contribution in [-0.4, -0.2) is 24.1 Å². The van der Waals surface area contributed by atoms with Crippen LogP contribution in [0, 0.1) is 10.1 Å². The highest BCUT2D eigenvalue weighted by molar-refractivity contribution is 6.35. The molecule has 6 nitrogen and oxygen atoms in total. The molecule has 0 atom stereocenters. The Kier molecular flexibility index (Phi) is 3.54. The van der Waals surface area contributed by atoms with Gasteiger partial charge in [-0.15, -0.1) is 0 Å². The van der Waals surface area contributed by atoms with Crippen molar-refractivity contribution in [3.05, 3.63) is 20.4 Å². The summed E-state index contributed by atoms with van der Waals surface area (Å²) in [7, 11) is 2.54. The zero-order valence-electron chi connectivity index (χ0n) is 7.78. The van der Waals surface area contributed by atoms with E-state index in [1.807, 2.05) is 0 Å². The summed E-state index contributed by atoms with van der Waals surface area (Å²) >= 11 is 11.2. The first-order chi connectivity index (χ1) is 7.02. The summed E-state index contributed by atoms with van der Waals surface area (Å²) in [5.41, 5.74) is -0.472. The second-order valence-corrected chi connectivity index (χ2v) is 3.08. The standard InChI is InChI=1S/C7H6Cl2N2O4/c1-14-4-3(11(12)13)6(8)10-7(9)5(4)15-2/h1-2H3. The molecule has 1 rings (SSSR count). The Morgan fingerprint density at radius 2 is 1.73 bits per heavy atom. The zero-order valence-corrected chi connectivity index (χ0v) is 9.30. The van der Waals surface area contributed by atoms with E-state index >= 15 is 0 Å². The molecule has 0 fully saturated rings. The van der Waals surface area contributed by atoms with Crippen LogP contribution in [0.3, 0.4) is 0 Å². The Morgan fingerprint density at radius 1 is 1.20 bits per heavy atom. The molecule has 0 aromatic carbocycles. The maximum atomic E-state index is 10.7. The Hall–Kier alpha value is -1.27. The van der Waals surface area contributed by atoms with Crippen LogP contribution in [0.4, 0.5) is 5.69 Å². The predicted octanol–water partition coefficient (Wildman–Crippen LogP) is 2.31. The summed E-state index contributed by atoms with van der Waals surface area (Å²) < 4.78 is 9.65. The molecule has 0 aliphatic heterocycles. The molecule has 1 heterocycles. The molecule has 0 bridgehead atoms. The van der Waals surface area contributed by atoms with Crippen LogP contribution in [-0.2, 0) is 0 Å². The van der Waals surface area contributed by atoms with E-state index in [1.165, 1.54) is 14.2 Å². The number of hydrogen-bond acceptors (Lipinski definition) is 5. The lowest BCUT2D eigenvalue weighted by Crippen LogP contribution is -2.00. The topological polar surface area (TPSA) is 74.5 Å². The molecule has 0 unspecified atom stereocenters. The molecular weight excluding hydrogens is 247 g/mol. The van der Waals surface area contributed by atoms with Gasteiger partial charge in [0.1, 0.15) is 0 Å². The minimum atomic E-state index is -0.715. The van der Waals surface area contributed by atoms with Gasteiger partial charge in [-0.2, -0.15) is 0 Å². The van der Waals surface area contributed by atoms with Crippen LogP contribution < -0.4 is 9.47 Å². The van der Waals surface area contributed by atoms with Gasteiger partial charge in [-0.05, 0) is 0 Å². The molecule has 0 saturated carbocycles. The fourth-order valence-electron chi connectivity index (χ4n) is 1.01. The summed E-state index contributed by atoms with van der Waals surface area (Å²) in [6, 6.07) is 0. The van der Waals surface area contributed by atoms with Crippen molar-refractivity contribution in [2.75, 3.05) is 14.2 Å². The third kappa shape index (κ3) is 2.05. The first kappa shape index (κ1) is 11.8. The van der Waals surface area contributed by atoms with Crippen molar-refractivity contribution in [1.82, 2.24) is 4.98 Å². The Balaban J connectivity index is 3.56. The number of rotatable bonds is 3. The molecule has 1 aromatic rings. The fourth-order valence-corrected chi connectivity index (χ4v) is 1.54. The largest absolute Gasteiger partial charge is 0.490 e. The normalized spacial score (nSPS) is 9.87. The van der Waals surface area contributed by atoms with Gasteiger partial charge in [-0.25, -0.2) is 4.98 Å². The van der Waals surface area contributed by atoms with Gasteiger partial charge in [0.25, 0.3) is 0 Å². The van der Waals surface area contributed by atoms with Crippen molar-refractivity contribution < 1.29 is 14.4 Å². The molecule has 15 heavy (non-hydrogen) atoms. The van der Waals surface area contributed by atoms with Gasteiger partial charge >= 0.3 is 5.69 Å². The highest BCUT2D eigenvalue weighted by Gasteiger charge is 2.28. The number of nitro groups is 1. The molecule has 0 aliphatic carbocycles. The van der Waals surface area contributed by atoms with E-state index in [1.54, 1.807) is 0 Å². The highest BCUT2D eigenvalue weighted by atomic mass is 35.5. The van der Waals surface area contributed by atoms with E-state index in [0.717, 1.165) is 0 Å². The summed E-state index contributed by atoms with van der Waals surface area (Å²) in [6.45, 7) is 0. The van der Waals surface area contributed by atoms with Crippen molar-refractivity contribution in [3.63, 3.8) is 0 Å². The van der Waals surface area contributed by atoms with Gasteiger partial charge in [0.05, 0.1) is 19.1 Å². The summed E-state index contributed by atoms with van der Waals surface area (Å²) in [6.07, 6.45) is 0. The van der Waals surface area contributed by atoms with E-state index in [2.05, 4.69) is 4.98 Å². The monoisotopic (exact) mass is 252 g/mol. The number of methoxy groups -OCH3 is 2. The van der Waals surface area contributed by atoms with Gasteiger partial charge < -0.3 is 9.47 Å². The lowest BCUT2D eigenvalue weighted by Gasteiger charge is -2.09. The highest BCUT2D eigenvalue weighted by Crippen LogP contribution is 2.44. The number of hydrogen-bond donors (Lipinski definition) is 0. The Labute approximate surface area is 94.9 Å². The van der Waals surface area contributed by atoms with E-state index in [-0.39, 0.29) is 21.8 Å². The molecular formula is C7H6Cl2N2O4. The van der Waals surface area contributed by atoms with Gasteiger partial charge in [-0.1, -0.05) is 23.2 Å². The van der Waals surface area contributed by atoms with Crippen LogP contribution in [0.25, 0.3) is 0 Å². The Morgan fingerprint density at radius 3 is 2.13 bits per heavy atom. The number of pyridine rings is 1. The average molecular weight is 253 g/mol. The lowest BCUT2D eigenvalue weighted by atomic mass is 10.3. The first-order valence-corrected chi connectivity index (χ1v) is 4.39. The third-order valence-electron chi connectivity index (χ3n) is 1.59. The minimum absolute atomic E-state index is 0.0183.